The molecule has 1 atom stereocenters. The molecular formula is C14H17BrFNO. The minimum Gasteiger partial charge on any atom is -0.338 e. The summed E-state index contributed by atoms with van der Waals surface area (Å²) in [4.78, 5) is 13.7. The Labute approximate surface area is 115 Å². The van der Waals surface area contributed by atoms with Crippen LogP contribution in [0.25, 0.3) is 0 Å². The summed E-state index contributed by atoms with van der Waals surface area (Å²) in [6.45, 7) is 3.45. The highest BCUT2D eigenvalue weighted by Gasteiger charge is 2.28. The summed E-state index contributed by atoms with van der Waals surface area (Å²) in [5.74, 6) is 0.393. The predicted octanol–water partition coefficient (Wildman–Crippen LogP) is 3.74. The largest absolute Gasteiger partial charge is 0.338 e. The number of hydrogen-bond acceptors (Lipinski definition) is 1. The van der Waals surface area contributed by atoms with Crippen LogP contribution in [0.5, 0.6) is 0 Å². The fraction of sp³-hybridized carbons (Fsp3) is 0.500. The topological polar surface area (TPSA) is 20.3 Å². The average molecular weight is 314 g/mol. The van der Waals surface area contributed by atoms with E-state index in [2.05, 4.69) is 22.9 Å². The van der Waals surface area contributed by atoms with E-state index in [1.165, 1.54) is 12.1 Å². The Bertz CT molecular complexity index is 429. The van der Waals surface area contributed by atoms with Crippen LogP contribution in [0.2, 0.25) is 0 Å². The van der Waals surface area contributed by atoms with Crippen molar-refractivity contribution in [2.75, 3.05) is 6.54 Å². The van der Waals surface area contributed by atoms with Crippen LogP contribution in [0.4, 0.5) is 4.39 Å². The molecule has 1 saturated heterocycles. The molecule has 0 saturated carbocycles. The van der Waals surface area contributed by atoms with Gasteiger partial charge in [0.1, 0.15) is 5.82 Å². The molecule has 0 aliphatic carbocycles. The SMILES string of the molecule is CCCC1CC(=O)N(Cc2cc(F)cc(Br)c2)C1. The van der Waals surface area contributed by atoms with Crippen LogP contribution in [-0.2, 0) is 11.3 Å². The normalized spacial score (nSPS) is 19.6. The Morgan fingerprint density at radius 3 is 2.89 bits per heavy atom. The molecule has 18 heavy (non-hydrogen) atoms. The quantitative estimate of drug-likeness (QED) is 0.829. The Balaban J connectivity index is 2.03. The van der Waals surface area contributed by atoms with Gasteiger partial charge in [0.15, 0.2) is 0 Å². The number of hydrogen-bond donors (Lipinski definition) is 0. The van der Waals surface area contributed by atoms with Gasteiger partial charge >= 0.3 is 0 Å². The van der Waals surface area contributed by atoms with Gasteiger partial charge in [-0.2, -0.15) is 0 Å². The van der Waals surface area contributed by atoms with Gasteiger partial charge in [-0.25, -0.2) is 4.39 Å². The van der Waals surface area contributed by atoms with Crippen molar-refractivity contribution in [2.45, 2.75) is 32.7 Å². The summed E-state index contributed by atoms with van der Waals surface area (Å²) in [6, 6.07) is 4.78. The zero-order valence-corrected chi connectivity index (χ0v) is 12.0. The highest BCUT2D eigenvalue weighted by molar-refractivity contribution is 9.10. The molecule has 2 rings (SSSR count). The lowest BCUT2D eigenvalue weighted by Gasteiger charge is -2.17. The van der Waals surface area contributed by atoms with E-state index in [9.17, 15) is 9.18 Å². The number of benzene rings is 1. The van der Waals surface area contributed by atoms with Crippen molar-refractivity contribution >= 4 is 21.8 Å². The maximum Gasteiger partial charge on any atom is 0.223 e. The van der Waals surface area contributed by atoms with Gasteiger partial charge in [0.2, 0.25) is 5.91 Å². The number of carbonyl (C=O) groups excluding carboxylic acids is 1. The molecule has 0 aromatic heterocycles. The number of amides is 1. The van der Waals surface area contributed by atoms with Gasteiger partial charge in [0.05, 0.1) is 0 Å². The molecule has 1 aromatic carbocycles. The molecule has 1 aliphatic rings. The van der Waals surface area contributed by atoms with Crippen LogP contribution in [0, 0.1) is 11.7 Å². The van der Waals surface area contributed by atoms with Gasteiger partial charge < -0.3 is 4.90 Å². The Kier molecular flexibility index (Phi) is 4.38. The summed E-state index contributed by atoms with van der Waals surface area (Å²) in [7, 11) is 0. The first kappa shape index (κ1) is 13.5. The van der Waals surface area contributed by atoms with E-state index >= 15 is 0 Å². The second-order valence-corrected chi connectivity index (χ2v) is 5.83. The molecule has 0 radical (unpaired) electrons. The Morgan fingerprint density at radius 1 is 1.44 bits per heavy atom. The second kappa shape index (κ2) is 5.83. The van der Waals surface area contributed by atoms with Crippen LogP contribution in [0.3, 0.4) is 0 Å². The summed E-state index contributed by atoms with van der Waals surface area (Å²) < 4.78 is 14.0. The van der Waals surface area contributed by atoms with Crippen molar-refractivity contribution in [2.24, 2.45) is 5.92 Å². The van der Waals surface area contributed by atoms with Crippen molar-refractivity contribution in [1.29, 1.82) is 0 Å². The van der Waals surface area contributed by atoms with E-state index < -0.39 is 0 Å². The van der Waals surface area contributed by atoms with E-state index in [-0.39, 0.29) is 11.7 Å². The molecule has 1 aromatic rings. The van der Waals surface area contributed by atoms with E-state index in [4.69, 9.17) is 0 Å². The highest BCUT2D eigenvalue weighted by Crippen LogP contribution is 2.24. The van der Waals surface area contributed by atoms with E-state index in [0.29, 0.717) is 23.4 Å². The van der Waals surface area contributed by atoms with Gasteiger partial charge in [-0.3, -0.25) is 4.79 Å². The molecule has 0 N–H and O–H groups in total. The maximum absolute atomic E-state index is 13.3. The zero-order chi connectivity index (χ0) is 13.1. The van der Waals surface area contributed by atoms with E-state index in [1.54, 1.807) is 0 Å². The van der Waals surface area contributed by atoms with E-state index in [1.807, 2.05) is 11.0 Å². The molecule has 0 bridgehead atoms. The summed E-state index contributed by atoms with van der Waals surface area (Å²) in [5, 5.41) is 0. The summed E-state index contributed by atoms with van der Waals surface area (Å²) in [6.07, 6.45) is 2.84. The molecule has 1 fully saturated rings. The second-order valence-electron chi connectivity index (χ2n) is 4.91. The fourth-order valence-electron chi connectivity index (χ4n) is 2.53. The van der Waals surface area contributed by atoms with Gasteiger partial charge in [-0.05, 0) is 36.1 Å². The van der Waals surface area contributed by atoms with Gasteiger partial charge in [0, 0.05) is 24.0 Å². The molecule has 1 amide bonds. The van der Waals surface area contributed by atoms with Crippen LogP contribution >= 0.6 is 15.9 Å². The molecule has 98 valence electrons. The molecule has 1 heterocycles. The Hall–Kier alpha value is -0.900. The molecule has 2 nitrogen and oxygen atoms in total. The van der Waals surface area contributed by atoms with Crippen LogP contribution < -0.4 is 0 Å². The van der Waals surface area contributed by atoms with E-state index in [0.717, 1.165) is 24.9 Å². The fourth-order valence-corrected chi connectivity index (χ4v) is 3.04. The number of rotatable bonds is 4. The number of nitrogens with zero attached hydrogens (tertiary/aromatic N) is 1. The standard InChI is InChI=1S/C14H17BrFNO/c1-2-3-10-6-14(18)17(8-10)9-11-4-12(15)7-13(16)5-11/h4-5,7,10H,2-3,6,8-9H2,1H3. The van der Waals surface area contributed by atoms with Crippen molar-refractivity contribution in [1.82, 2.24) is 4.90 Å². The predicted molar refractivity (Wildman–Crippen MR) is 72.5 cm³/mol. The van der Waals surface area contributed by atoms with Gasteiger partial charge in [-0.1, -0.05) is 29.3 Å². The van der Waals surface area contributed by atoms with Crippen molar-refractivity contribution in [3.63, 3.8) is 0 Å². The first-order valence-electron chi connectivity index (χ1n) is 6.31. The highest BCUT2D eigenvalue weighted by atomic mass is 79.9. The van der Waals surface area contributed by atoms with Gasteiger partial charge in [-0.15, -0.1) is 0 Å². The lowest BCUT2D eigenvalue weighted by molar-refractivity contribution is -0.128. The van der Waals surface area contributed by atoms with Crippen LogP contribution in [0.1, 0.15) is 31.7 Å². The maximum atomic E-state index is 13.3. The summed E-state index contributed by atoms with van der Waals surface area (Å²) >= 11 is 3.27. The van der Waals surface area contributed by atoms with Crippen molar-refractivity contribution in [3.05, 3.63) is 34.1 Å². The molecule has 1 aliphatic heterocycles. The first-order valence-corrected chi connectivity index (χ1v) is 7.10. The third-order valence-corrected chi connectivity index (χ3v) is 3.75. The van der Waals surface area contributed by atoms with Gasteiger partial charge in [0.25, 0.3) is 0 Å². The Morgan fingerprint density at radius 2 is 2.22 bits per heavy atom. The third kappa shape index (κ3) is 3.31. The smallest absolute Gasteiger partial charge is 0.223 e. The molecule has 0 spiro atoms. The minimum absolute atomic E-state index is 0.189. The van der Waals surface area contributed by atoms with Crippen LogP contribution in [-0.4, -0.2) is 17.4 Å². The van der Waals surface area contributed by atoms with Crippen molar-refractivity contribution < 1.29 is 9.18 Å². The lowest BCUT2D eigenvalue weighted by Crippen LogP contribution is -2.24. The monoisotopic (exact) mass is 313 g/mol. The summed E-state index contributed by atoms with van der Waals surface area (Å²) in [5.41, 5.74) is 0.840. The zero-order valence-electron chi connectivity index (χ0n) is 10.5. The number of likely N-dealkylation sites (tertiary alicyclic amines) is 1. The number of halogens is 2. The average Bonchev–Trinajstić information content (AvgIpc) is 2.58. The lowest BCUT2D eigenvalue weighted by atomic mass is 10.0. The third-order valence-electron chi connectivity index (χ3n) is 3.29. The van der Waals surface area contributed by atoms with Crippen molar-refractivity contribution in [3.8, 4) is 0 Å². The number of carbonyl (C=O) groups is 1. The molecule has 1 unspecified atom stereocenters. The first-order chi connectivity index (χ1) is 8.58. The molecule has 4 heteroatoms. The molecular weight excluding hydrogens is 297 g/mol. The van der Waals surface area contributed by atoms with Crippen LogP contribution in [0.15, 0.2) is 22.7 Å². The minimum atomic E-state index is -0.267.